The number of carbonyl (C=O) groups excluding carboxylic acids is 4. The zero-order valence-corrected chi connectivity index (χ0v) is 34.7. The molecule has 0 aliphatic carbocycles. The van der Waals surface area contributed by atoms with Crippen LogP contribution >= 0.6 is 0 Å². The molecule has 0 heterocycles. The number of esters is 4. The highest BCUT2D eigenvalue weighted by Crippen LogP contribution is 2.27. The lowest BCUT2D eigenvalue weighted by atomic mass is 9.99. The van der Waals surface area contributed by atoms with Crippen molar-refractivity contribution >= 4 is 23.9 Å². The molecule has 0 fully saturated rings. The Kier molecular flexibility index (Phi) is 19.6. The van der Waals surface area contributed by atoms with Crippen LogP contribution in [-0.2, 0) is 63.8 Å². The third-order valence-electron chi connectivity index (χ3n) is 8.99. The summed E-state index contributed by atoms with van der Waals surface area (Å²) in [5, 5.41) is 0. The summed E-state index contributed by atoms with van der Waals surface area (Å²) in [6.07, 6.45) is 3.53. The second-order valence-corrected chi connectivity index (χ2v) is 14.1. The van der Waals surface area contributed by atoms with Crippen LogP contribution in [0.3, 0.4) is 0 Å². The number of benzene rings is 4. The van der Waals surface area contributed by atoms with Crippen LogP contribution in [0.15, 0.2) is 122 Å². The maximum absolute atomic E-state index is 14.5. The Hall–Kier alpha value is -6.56. The molecule has 12 heteroatoms. The summed E-state index contributed by atoms with van der Waals surface area (Å²) in [5.74, 6) is -3.75. The lowest BCUT2D eigenvalue weighted by Crippen LogP contribution is -2.09. The lowest BCUT2D eigenvalue weighted by Gasteiger charge is -2.10. The largest absolute Gasteiger partial charge is 0.462 e. The topological polar surface area (TPSA) is 105 Å². The van der Waals surface area contributed by atoms with Gasteiger partial charge in [-0.05, 0) is 109 Å². The summed E-state index contributed by atoms with van der Waals surface area (Å²) in [6, 6.07) is 18.6. The quantitative estimate of drug-likeness (QED) is 0.0285. The van der Waals surface area contributed by atoms with E-state index in [0.717, 1.165) is 6.08 Å². The van der Waals surface area contributed by atoms with E-state index in [9.17, 15) is 36.7 Å². The Morgan fingerprint density at radius 1 is 0.459 bits per heavy atom. The Bertz CT molecular complexity index is 2180. The minimum Gasteiger partial charge on any atom is -0.462 e. The maximum atomic E-state index is 14.5. The fourth-order valence-corrected chi connectivity index (χ4v) is 5.50. The molecular formula is C49H50F4O8. The van der Waals surface area contributed by atoms with E-state index in [-0.39, 0.29) is 62.7 Å². The van der Waals surface area contributed by atoms with Gasteiger partial charge in [0.05, 0.1) is 26.4 Å². The average molecular weight is 843 g/mol. The Morgan fingerprint density at radius 3 is 1.05 bits per heavy atom. The van der Waals surface area contributed by atoms with Crippen LogP contribution in [0.1, 0.15) is 55.9 Å². The normalized spacial score (nSPS) is 10.4. The first-order chi connectivity index (χ1) is 29.0. The minimum atomic E-state index is -0.555. The van der Waals surface area contributed by atoms with Crippen molar-refractivity contribution in [3.63, 3.8) is 0 Å². The second kappa shape index (κ2) is 24.5. The van der Waals surface area contributed by atoms with Gasteiger partial charge in [0.2, 0.25) is 0 Å². The van der Waals surface area contributed by atoms with E-state index < -0.39 is 41.3 Å². The van der Waals surface area contributed by atoms with Gasteiger partial charge >= 0.3 is 23.9 Å². The van der Waals surface area contributed by atoms with E-state index in [0.29, 0.717) is 69.3 Å². The molecule has 0 N–H and O–H groups in total. The van der Waals surface area contributed by atoms with Crippen LogP contribution in [0.4, 0.5) is 17.6 Å². The van der Waals surface area contributed by atoms with Gasteiger partial charge in [0.1, 0.15) is 23.3 Å². The zero-order chi connectivity index (χ0) is 45.1. The van der Waals surface area contributed by atoms with Crippen LogP contribution in [0.5, 0.6) is 0 Å². The molecule has 8 nitrogen and oxygen atoms in total. The Balaban J connectivity index is 0.000000325. The number of hydrogen-bond acceptors (Lipinski definition) is 8. The number of rotatable bonds is 20. The van der Waals surface area contributed by atoms with Crippen molar-refractivity contribution in [3.05, 3.63) is 167 Å². The fraction of sp³-hybridized carbons (Fsp3) is 0.265. The molecule has 0 saturated heterocycles. The van der Waals surface area contributed by atoms with Gasteiger partial charge in [-0.1, -0.05) is 74.8 Å². The Morgan fingerprint density at radius 2 is 0.754 bits per heavy atom. The summed E-state index contributed by atoms with van der Waals surface area (Å²) in [7, 11) is 0. The summed E-state index contributed by atoms with van der Waals surface area (Å²) >= 11 is 0. The molecule has 0 radical (unpaired) electrons. The molecule has 0 amide bonds. The molecule has 4 aromatic rings. The van der Waals surface area contributed by atoms with Gasteiger partial charge in [-0.25, -0.2) is 36.7 Å². The molecular weight excluding hydrogens is 793 g/mol. The van der Waals surface area contributed by atoms with Crippen LogP contribution in [-0.4, -0.2) is 50.3 Å². The number of ether oxygens (including phenoxy) is 4. The highest BCUT2D eigenvalue weighted by molar-refractivity contribution is 5.87. The van der Waals surface area contributed by atoms with E-state index >= 15 is 0 Å². The number of carbonyl (C=O) groups is 4. The van der Waals surface area contributed by atoms with Crippen LogP contribution in [0.2, 0.25) is 0 Å². The van der Waals surface area contributed by atoms with Crippen molar-refractivity contribution in [1.29, 1.82) is 0 Å². The molecule has 0 bridgehead atoms. The maximum Gasteiger partial charge on any atom is 0.333 e. The van der Waals surface area contributed by atoms with Crippen molar-refractivity contribution in [1.82, 2.24) is 0 Å². The summed E-state index contributed by atoms with van der Waals surface area (Å²) in [5.41, 5.74) is 4.83. The van der Waals surface area contributed by atoms with Gasteiger partial charge in [0.25, 0.3) is 0 Å². The van der Waals surface area contributed by atoms with Gasteiger partial charge in [-0.15, -0.1) is 0 Å². The van der Waals surface area contributed by atoms with Crippen molar-refractivity contribution in [2.75, 3.05) is 26.4 Å². The van der Waals surface area contributed by atoms with E-state index in [1.54, 1.807) is 55.5 Å². The molecule has 4 rings (SSSR count). The zero-order valence-electron chi connectivity index (χ0n) is 34.7. The minimum absolute atomic E-state index is 0.0429. The molecule has 0 atom stereocenters. The van der Waals surface area contributed by atoms with Crippen LogP contribution in [0.25, 0.3) is 22.3 Å². The van der Waals surface area contributed by atoms with Crippen molar-refractivity contribution in [2.45, 2.75) is 59.3 Å². The molecule has 0 aromatic heterocycles. The number of unbranched alkanes of at least 4 members (excludes halogenated alkanes) is 1. The Labute approximate surface area is 354 Å². The van der Waals surface area contributed by atoms with Gasteiger partial charge in [-0.2, -0.15) is 0 Å². The first kappa shape index (κ1) is 48.8. The molecule has 322 valence electrons. The van der Waals surface area contributed by atoms with Gasteiger partial charge in [-0.3, -0.25) is 0 Å². The number of halogens is 4. The highest BCUT2D eigenvalue weighted by atomic mass is 19.1. The highest BCUT2D eigenvalue weighted by Gasteiger charge is 2.13. The second-order valence-electron chi connectivity index (χ2n) is 14.1. The standard InChI is InChI=1S/C25H26F2O4.C24H24F2O4/c1-4-24(28)30-14-12-19-9-11-21(16-23(19)27)20-10-8-18(22(26)15-20)7-5-6-13-31-25(29)17(2)3;1-15(2)23(27)29-11-9-17-5-7-19(13-21(17)25)20-8-6-18(22(26)14-20)10-12-30-24(28)16(3)4/h4,8-11,15-16H,1-2,5-7,12-14H2,3H3;5-8,13-14H,1,3,9-12H2,2,4H3. The summed E-state index contributed by atoms with van der Waals surface area (Å²) in [4.78, 5) is 45.1. The third-order valence-corrected chi connectivity index (χ3v) is 8.99. The summed E-state index contributed by atoms with van der Waals surface area (Å²) < 4.78 is 77.5. The third kappa shape index (κ3) is 16.2. The van der Waals surface area contributed by atoms with Crippen LogP contribution < -0.4 is 0 Å². The predicted octanol–water partition coefficient (Wildman–Crippen LogP) is 10.3. The first-order valence-electron chi connectivity index (χ1n) is 19.4. The monoisotopic (exact) mass is 842 g/mol. The smallest absolute Gasteiger partial charge is 0.333 e. The summed E-state index contributed by atoms with van der Waals surface area (Å²) in [6.45, 7) is 18.8. The molecule has 61 heavy (non-hydrogen) atoms. The van der Waals surface area contributed by atoms with E-state index in [2.05, 4.69) is 26.3 Å². The molecule has 0 spiro atoms. The average Bonchev–Trinajstić information content (AvgIpc) is 3.22. The van der Waals surface area contributed by atoms with E-state index in [1.807, 2.05) is 0 Å². The first-order valence-corrected chi connectivity index (χ1v) is 19.4. The van der Waals surface area contributed by atoms with E-state index in [1.165, 1.54) is 38.1 Å². The van der Waals surface area contributed by atoms with Crippen molar-refractivity contribution in [3.8, 4) is 22.3 Å². The van der Waals surface area contributed by atoms with E-state index in [4.69, 9.17) is 18.9 Å². The van der Waals surface area contributed by atoms with Gasteiger partial charge < -0.3 is 18.9 Å². The van der Waals surface area contributed by atoms with Crippen LogP contribution in [0, 0.1) is 23.3 Å². The molecule has 0 unspecified atom stereocenters. The number of hydrogen-bond donors (Lipinski definition) is 0. The number of aryl methyl sites for hydroxylation is 1. The predicted molar refractivity (Wildman–Crippen MR) is 226 cm³/mol. The SMILES string of the molecule is C=C(C)C(=O)OCCc1ccc(-c2ccc(CCOC(=O)C(=C)C)c(F)c2)cc1F.C=CC(=O)OCCc1ccc(-c2ccc(CCCCOC(=O)C(=C)C)c(F)c2)cc1F. The molecule has 0 aliphatic heterocycles. The van der Waals surface area contributed by atoms with Crippen molar-refractivity contribution in [2.24, 2.45) is 0 Å². The molecule has 0 saturated carbocycles. The molecule has 4 aromatic carbocycles. The molecule has 0 aliphatic rings. The van der Waals surface area contributed by atoms with Crippen molar-refractivity contribution < 1.29 is 55.7 Å². The fourth-order valence-electron chi connectivity index (χ4n) is 5.50. The van der Waals surface area contributed by atoms with Gasteiger partial charge in [0, 0.05) is 42.1 Å². The lowest BCUT2D eigenvalue weighted by molar-refractivity contribution is -0.139. The van der Waals surface area contributed by atoms with Gasteiger partial charge in [0.15, 0.2) is 0 Å².